The van der Waals surface area contributed by atoms with Crippen LogP contribution in [0.2, 0.25) is 10.0 Å². The number of rotatable bonds is 7. The molecule has 1 amide bonds. The molecule has 11 heteroatoms. The van der Waals surface area contributed by atoms with Gasteiger partial charge in [-0.2, -0.15) is 21.6 Å². The number of carbonyl (C=O) groups excluding carboxylic acids is 1. The Morgan fingerprint density at radius 1 is 0.971 bits per heavy atom. The maximum absolute atomic E-state index is 13.1. The van der Waals surface area contributed by atoms with E-state index in [1.54, 1.807) is 6.07 Å². The molecule has 5 nitrogen and oxygen atoms in total. The van der Waals surface area contributed by atoms with Gasteiger partial charge in [0, 0.05) is 28.2 Å². The standard InChI is InChI=1S/C24H20Cl2F3NO4S/c1-15(2)30(23(31)17-10-19(25)13-20(26)11-17)14-16-5-3-7-21(9-16)34-35(32,33)22-8-4-6-18(12-22)24(27,28)29/h3-13,15H,14H2,1-2H3. The summed E-state index contributed by atoms with van der Waals surface area (Å²) >= 11 is 12.0. The summed E-state index contributed by atoms with van der Waals surface area (Å²) in [5.74, 6) is -0.450. The Morgan fingerprint density at radius 2 is 1.60 bits per heavy atom. The van der Waals surface area contributed by atoms with Crippen molar-refractivity contribution in [1.29, 1.82) is 0 Å². The van der Waals surface area contributed by atoms with E-state index in [-0.39, 0.29) is 29.8 Å². The van der Waals surface area contributed by atoms with Crippen LogP contribution in [0.15, 0.2) is 71.6 Å². The van der Waals surface area contributed by atoms with E-state index in [1.807, 2.05) is 13.8 Å². The molecule has 0 fully saturated rings. The molecule has 0 N–H and O–H groups in total. The minimum atomic E-state index is -4.70. The Balaban J connectivity index is 1.84. The molecule has 0 spiro atoms. The third-order valence-electron chi connectivity index (χ3n) is 4.90. The maximum Gasteiger partial charge on any atom is 0.416 e. The number of amides is 1. The van der Waals surface area contributed by atoms with Gasteiger partial charge in [0.15, 0.2) is 0 Å². The summed E-state index contributed by atoms with van der Waals surface area (Å²) in [5.41, 5.74) is -0.282. The van der Waals surface area contributed by atoms with Gasteiger partial charge >= 0.3 is 16.3 Å². The quantitative estimate of drug-likeness (QED) is 0.305. The Bertz CT molecular complexity index is 1320. The Labute approximate surface area is 211 Å². The summed E-state index contributed by atoms with van der Waals surface area (Å²) in [7, 11) is -4.54. The Hall–Kier alpha value is -2.75. The molecule has 0 bridgehead atoms. The highest BCUT2D eigenvalue weighted by Gasteiger charge is 2.32. The Kier molecular flexibility index (Phi) is 8.03. The van der Waals surface area contributed by atoms with Gasteiger partial charge in [-0.25, -0.2) is 0 Å². The SMILES string of the molecule is CC(C)N(Cc1cccc(OS(=O)(=O)c2cccc(C(F)(F)F)c2)c1)C(=O)c1cc(Cl)cc(Cl)c1. The van der Waals surface area contributed by atoms with Gasteiger partial charge < -0.3 is 9.08 Å². The van der Waals surface area contributed by atoms with Gasteiger partial charge in [-0.1, -0.05) is 41.4 Å². The van der Waals surface area contributed by atoms with Crippen LogP contribution in [0.5, 0.6) is 5.75 Å². The zero-order chi connectivity index (χ0) is 26.0. The first-order valence-electron chi connectivity index (χ1n) is 10.2. The Morgan fingerprint density at radius 3 is 2.20 bits per heavy atom. The van der Waals surface area contributed by atoms with Gasteiger partial charge in [0.25, 0.3) is 5.91 Å². The van der Waals surface area contributed by atoms with E-state index in [0.29, 0.717) is 21.7 Å². The lowest BCUT2D eigenvalue weighted by Gasteiger charge is -2.27. The zero-order valence-electron chi connectivity index (χ0n) is 18.5. The molecule has 35 heavy (non-hydrogen) atoms. The highest BCUT2D eigenvalue weighted by molar-refractivity contribution is 7.87. The molecule has 3 aromatic rings. The maximum atomic E-state index is 13.1. The number of hydrogen-bond acceptors (Lipinski definition) is 4. The molecule has 0 aromatic heterocycles. The lowest BCUT2D eigenvalue weighted by Crippen LogP contribution is -2.36. The van der Waals surface area contributed by atoms with Crippen molar-refractivity contribution in [3.8, 4) is 5.75 Å². The van der Waals surface area contributed by atoms with E-state index in [4.69, 9.17) is 27.4 Å². The van der Waals surface area contributed by atoms with Crippen molar-refractivity contribution in [2.75, 3.05) is 0 Å². The van der Waals surface area contributed by atoms with Crippen LogP contribution in [0.4, 0.5) is 13.2 Å². The van der Waals surface area contributed by atoms with E-state index in [0.717, 1.165) is 18.2 Å². The lowest BCUT2D eigenvalue weighted by atomic mass is 10.1. The van der Waals surface area contributed by atoms with Gasteiger partial charge in [-0.15, -0.1) is 0 Å². The van der Waals surface area contributed by atoms with Crippen molar-refractivity contribution >= 4 is 39.2 Å². The first kappa shape index (κ1) is 26.8. The van der Waals surface area contributed by atoms with Crippen molar-refractivity contribution in [2.24, 2.45) is 0 Å². The highest BCUT2D eigenvalue weighted by Crippen LogP contribution is 2.31. The summed E-state index contributed by atoms with van der Waals surface area (Å²) < 4.78 is 69.2. The van der Waals surface area contributed by atoms with Crippen molar-refractivity contribution < 1.29 is 30.6 Å². The van der Waals surface area contributed by atoms with Crippen LogP contribution in [0.1, 0.15) is 35.3 Å². The van der Waals surface area contributed by atoms with Gasteiger partial charge in [-0.3, -0.25) is 4.79 Å². The molecule has 0 heterocycles. The number of hydrogen-bond donors (Lipinski definition) is 0. The van der Waals surface area contributed by atoms with Crippen LogP contribution >= 0.6 is 23.2 Å². The lowest BCUT2D eigenvalue weighted by molar-refractivity contribution is -0.137. The average Bonchev–Trinajstić information content (AvgIpc) is 2.75. The average molecular weight is 546 g/mol. The van der Waals surface area contributed by atoms with Crippen LogP contribution in [-0.4, -0.2) is 25.3 Å². The van der Waals surface area contributed by atoms with Crippen LogP contribution in [0, 0.1) is 0 Å². The summed E-state index contributed by atoms with van der Waals surface area (Å²) in [4.78, 5) is 14.0. The van der Waals surface area contributed by atoms with Crippen molar-refractivity contribution in [2.45, 2.75) is 37.5 Å². The number of alkyl halides is 3. The first-order chi connectivity index (χ1) is 16.3. The molecule has 3 rings (SSSR count). The molecular formula is C24H20Cl2F3NO4S. The smallest absolute Gasteiger partial charge is 0.379 e. The second kappa shape index (κ2) is 10.5. The van der Waals surface area contributed by atoms with Crippen molar-refractivity contribution in [3.63, 3.8) is 0 Å². The third-order valence-corrected chi connectivity index (χ3v) is 6.58. The molecule has 0 saturated heterocycles. The molecule has 0 atom stereocenters. The van der Waals surface area contributed by atoms with Gasteiger partial charge in [0.05, 0.1) is 5.56 Å². The summed E-state index contributed by atoms with van der Waals surface area (Å²) in [6, 6.07) is 13.5. The summed E-state index contributed by atoms with van der Waals surface area (Å²) in [6.07, 6.45) is -4.70. The van der Waals surface area contributed by atoms with Crippen LogP contribution in [0.3, 0.4) is 0 Å². The molecule has 0 aliphatic heterocycles. The van der Waals surface area contributed by atoms with E-state index in [1.165, 1.54) is 41.3 Å². The second-order valence-electron chi connectivity index (χ2n) is 7.90. The minimum Gasteiger partial charge on any atom is -0.379 e. The fourth-order valence-electron chi connectivity index (χ4n) is 3.23. The molecule has 0 aliphatic rings. The van der Waals surface area contributed by atoms with E-state index < -0.39 is 26.8 Å². The summed E-state index contributed by atoms with van der Waals surface area (Å²) in [5, 5.41) is 0.611. The number of nitrogens with zero attached hydrogens (tertiary/aromatic N) is 1. The summed E-state index contributed by atoms with van der Waals surface area (Å²) in [6.45, 7) is 3.71. The minimum absolute atomic E-state index is 0.0986. The van der Waals surface area contributed by atoms with E-state index >= 15 is 0 Å². The fourth-order valence-corrected chi connectivity index (χ4v) is 4.72. The molecule has 0 saturated carbocycles. The van der Waals surface area contributed by atoms with Crippen LogP contribution < -0.4 is 4.18 Å². The normalized spacial score (nSPS) is 12.0. The largest absolute Gasteiger partial charge is 0.416 e. The van der Waals surface area contributed by atoms with Gasteiger partial charge in [0.1, 0.15) is 10.6 Å². The van der Waals surface area contributed by atoms with Crippen molar-refractivity contribution in [3.05, 3.63) is 93.5 Å². The van der Waals surface area contributed by atoms with Crippen LogP contribution in [-0.2, 0) is 22.8 Å². The molecule has 186 valence electrons. The fraction of sp³-hybridized carbons (Fsp3) is 0.208. The number of carbonyl (C=O) groups is 1. The first-order valence-corrected chi connectivity index (χ1v) is 12.4. The van der Waals surface area contributed by atoms with E-state index in [9.17, 15) is 26.4 Å². The second-order valence-corrected chi connectivity index (χ2v) is 10.3. The van der Waals surface area contributed by atoms with Gasteiger partial charge in [-0.05, 0) is 67.9 Å². The highest BCUT2D eigenvalue weighted by atomic mass is 35.5. The molecule has 0 aliphatic carbocycles. The monoisotopic (exact) mass is 545 g/mol. The predicted molar refractivity (Wildman–Crippen MR) is 127 cm³/mol. The van der Waals surface area contributed by atoms with Gasteiger partial charge in [0.2, 0.25) is 0 Å². The molecule has 0 unspecified atom stereocenters. The molecule has 0 radical (unpaired) electrons. The molecular weight excluding hydrogens is 526 g/mol. The van der Waals surface area contributed by atoms with E-state index in [2.05, 4.69) is 0 Å². The van der Waals surface area contributed by atoms with Crippen molar-refractivity contribution in [1.82, 2.24) is 4.90 Å². The topological polar surface area (TPSA) is 63.7 Å². The number of halogens is 5. The molecule has 3 aromatic carbocycles. The number of benzene rings is 3. The third kappa shape index (κ3) is 6.90. The zero-order valence-corrected chi connectivity index (χ0v) is 20.8. The predicted octanol–water partition coefficient (Wildman–Crippen LogP) is 6.83. The van der Waals surface area contributed by atoms with Crippen LogP contribution in [0.25, 0.3) is 0 Å².